The molecule has 0 heterocycles. The first-order valence-corrected chi connectivity index (χ1v) is 8.53. The lowest BCUT2D eigenvalue weighted by Crippen LogP contribution is -2.18. The number of esters is 1. The number of hydrogen-bond acceptors (Lipinski definition) is 5. The summed E-state index contributed by atoms with van der Waals surface area (Å²) in [7, 11) is 0. The number of halogens is 1. The number of rotatable bonds is 6. The van der Waals surface area contributed by atoms with Gasteiger partial charge in [0.1, 0.15) is 0 Å². The minimum atomic E-state index is -0.427. The van der Waals surface area contributed by atoms with Crippen molar-refractivity contribution in [3.63, 3.8) is 0 Å². The van der Waals surface area contributed by atoms with E-state index in [9.17, 15) is 4.79 Å². The summed E-state index contributed by atoms with van der Waals surface area (Å²) in [5.74, 6) is -0.427. The summed E-state index contributed by atoms with van der Waals surface area (Å²) in [4.78, 5) is 16.5. The van der Waals surface area contributed by atoms with Gasteiger partial charge in [-0.05, 0) is 40.0 Å². The summed E-state index contributed by atoms with van der Waals surface area (Å²) in [6.45, 7) is 7.52. The Labute approximate surface area is 135 Å². The molecule has 1 rings (SSSR count). The van der Waals surface area contributed by atoms with E-state index in [1.807, 2.05) is 20.1 Å². The van der Waals surface area contributed by atoms with Crippen LogP contribution in [-0.4, -0.2) is 35.7 Å². The van der Waals surface area contributed by atoms with Gasteiger partial charge in [-0.1, -0.05) is 17.7 Å². The van der Waals surface area contributed by atoms with Crippen LogP contribution in [0, 0.1) is 0 Å². The van der Waals surface area contributed by atoms with Gasteiger partial charge in [0.25, 0.3) is 0 Å². The molecule has 0 saturated carbocycles. The Hall–Kier alpha value is -0.780. The fourth-order valence-corrected chi connectivity index (χ4v) is 2.41. The molecule has 0 N–H and O–H groups in total. The Bertz CT molecular complexity index is 470. The lowest BCUT2D eigenvalue weighted by Gasteiger charge is -2.17. The molecule has 1 aliphatic carbocycles. The molecule has 1 atom stereocenters. The molecule has 0 radical (unpaired) electrons. The monoisotopic (exact) mass is 331 g/mol. The maximum atomic E-state index is 12.0. The van der Waals surface area contributed by atoms with Crippen molar-refractivity contribution in [2.45, 2.75) is 51.9 Å². The minimum Gasteiger partial charge on any atom is -0.459 e. The third-order valence-corrected chi connectivity index (χ3v) is 3.46. The molecule has 0 spiro atoms. The number of allylic oxidation sites excluding steroid dienone is 2. The Morgan fingerprint density at radius 1 is 1.33 bits per heavy atom. The summed E-state index contributed by atoms with van der Waals surface area (Å²) in [6.07, 6.45) is 5.86. The highest BCUT2D eigenvalue weighted by Gasteiger charge is 2.21. The maximum absolute atomic E-state index is 12.0. The van der Waals surface area contributed by atoms with E-state index in [0.29, 0.717) is 17.0 Å². The molecule has 4 nitrogen and oxygen atoms in total. The summed E-state index contributed by atoms with van der Waals surface area (Å²) in [5.41, 5.74) is 0.818. The Kier molecular flexibility index (Phi) is 7.49. The first-order chi connectivity index (χ1) is 9.83. The van der Waals surface area contributed by atoms with Gasteiger partial charge in [0.05, 0.1) is 22.8 Å². The quantitative estimate of drug-likeness (QED) is 0.547. The van der Waals surface area contributed by atoms with Crippen LogP contribution in [0.4, 0.5) is 0 Å². The van der Waals surface area contributed by atoms with Crippen LogP contribution in [0.5, 0.6) is 0 Å². The van der Waals surface area contributed by atoms with Crippen LogP contribution in [0.15, 0.2) is 27.7 Å². The maximum Gasteiger partial charge on any atom is 0.339 e. The van der Waals surface area contributed by atoms with Gasteiger partial charge in [0, 0.05) is 12.1 Å². The first kappa shape index (κ1) is 18.3. The van der Waals surface area contributed by atoms with E-state index < -0.39 is 5.97 Å². The van der Waals surface area contributed by atoms with Crippen LogP contribution < -0.4 is 0 Å². The largest absolute Gasteiger partial charge is 0.459 e. The third kappa shape index (κ3) is 6.24. The van der Waals surface area contributed by atoms with Gasteiger partial charge in [-0.25, -0.2) is 9.79 Å². The van der Waals surface area contributed by atoms with Crippen LogP contribution in [0.2, 0.25) is 0 Å². The molecule has 0 bridgehead atoms. The SMILES string of the molecule is CSC(N=C1C=C(C(=O)OC(C)C)C(Cl)=CC1)OC(C)C. The average molecular weight is 332 g/mol. The lowest BCUT2D eigenvalue weighted by atomic mass is 10.1. The summed E-state index contributed by atoms with van der Waals surface area (Å²) in [5, 5.41) is 0.407. The Balaban J connectivity index is 2.90. The van der Waals surface area contributed by atoms with Crippen molar-refractivity contribution < 1.29 is 14.3 Å². The molecular formula is C15H22ClNO3S. The molecule has 0 aliphatic heterocycles. The number of thioether (sulfide) groups is 1. The molecule has 0 aromatic heterocycles. The van der Waals surface area contributed by atoms with E-state index >= 15 is 0 Å². The topological polar surface area (TPSA) is 47.9 Å². The molecule has 6 heteroatoms. The molecule has 0 aromatic rings. The zero-order valence-electron chi connectivity index (χ0n) is 13.1. The van der Waals surface area contributed by atoms with Crippen LogP contribution >= 0.6 is 23.4 Å². The number of carbonyl (C=O) groups excluding carboxylic acids is 1. The van der Waals surface area contributed by atoms with Crippen molar-refractivity contribution in [1.82, 2.24) is 0 Å². The van der Waals surface area contributed by atoms with Gasteiger partial charge in [-0.2, -0.15) is 0 Å². The average Bonchev–Trinajstić information content (AvgIpc) is 2.38. The van der Waals surface area contributed by atoms with Gasteiger partial charge in [0.2, 0.25) is 0 Å². The summed E-state index contributed by atoms with van der Waals surface area (Å²) in [6, 6.07) is 0. The first-order valence-electron chi connectivity index (χ1n) is 6.87. The predicted molar refractivity (Wildman–Crippen MR) is 88.8 cm³/mol. The smallest absolute Gasteiger partial charge is 0.339 e. The zero-order chi connectivity index (χ0) is 16.0. The third-order valence-electron chi connectivity index (χ3n) is 2.48. The van der Waals surface area contributed by atoms with Gasteiger partial charge in [-0.15, -0.1) is 11.8 Å². The molecule has 118 valence electrons. The van der Waals surface area contributed by atoms with Crippen LogP contribution in [0.3, 0.4) is 0 Å². The van der Waals surface area contributed by atoms with Gasteiger partial charge in [-0.3, -0.25) is 0 Å². The second kappa shape index (κ2) is 8.61. The number of ether oxygens (including phenoxy) is 2. The predicted octanol–water partition coefficient (Wildman–Crippen LogP) is 3.90. The van der Waals surface area contributed by atoms with E-state index in [1.54, 1.807) is 26.0 Å². The Morgan fingerprint density at radius 3 is 2.52 bits per heavy atom. The fraction of sp³-hybridized carbons (Fsp3) is 0.600. The van der Waals surface area contributed by atoms with Crippen LogP contribution in [0.25, 0.3) is 0 Å². The molecule has 0 fully saturated rings. The summed E-state index contributed by atoms with van der Waals surface area (Å²) >= 11 is 7.59. The molecule has 0 aromatic carbocycles. The molecule has 1 unspecified atom stereocenters. The Morgan fingerprint density at radius 2 is 2.00 bits per heavy atom. The van der Waals surface area contributed by atoms with Crippen molar-refractivity contribution >= 4 is 35.0 Å². The molecule has 1 aliphatic rings. The van der Waals surface area contributed by atoms with Crippen LogP contribution in [0.1, 0.15) is 34.1 Å². The number of hydrogen-bond donors (Lipinski definition) is 0. The molecule has 21 heavy (non-hydrogen) atoms. The number of nitrogens with zero attached hydrogens (tertiary/aromatic N) is 1. The lowest BCUT2D eigenvalue weighted by molar-refractivity contribution is -0.142. The summed E-state index contributed by atoms with van der Waals surface area (Å²) < 4.78 is 10.8. The van der Waals surface area contributed by atoms with Crippen molar-refractivity contribution in [3.05, 3.63) is 22.8 Å². The zero-order valence-corrected chi connectivity index (χ0v) is 14.6. The van der Waals surface area contributed by atoms with Gasteiger partial charge in [0.15, 0.2) is 5.56 Å². The van der Waals surface area contributed by atoms with Crippen molar-refractivity contribution in [2.24, 2.45) is 4.99 Å². The van der Waals surface area contributed by atoms with E-state index in [2.05, 4.69) is 4.99 Å². The highest BCUT2D eigenvalue weighted by atomic mass is 35.5. The van der Waals surface area contributed by atoms with Crippen LogP contribution in [-0.2, 0) is 14.3 Å². The van der Waals surface area contributed by atoms with E-state index in [1.165, 1.54) is 11.8 Å². The van der Waals surface area contributed by atoms with Crippen molar-refractivity contribution in [3.8, 4) is 0 Å². The van der Waals surface area contributed by atoms with E-state index in [0.717, 1.165) is 5.71 Å². The molecule has 0 saturated heterocycles. The number of carbonyl (C=O) groups is 1. The van der Waals surface area contributed by atoms with E-state index in [4.69, 9.17) is 21.1 Å². The highest BCUT2D eigenvalue weighted by Crippen LogP contribution is 2.24. The van der Waals surface area contributed by atoms with Gasteiger partial charge >= 0.3 is 5.97 Å². The van der Waals surface area contributed by atoms with Crippen molar-refractivity contribution in [2.75, 3.05) is 6.26 Å². The van der Waals surface area contributed by atoms with E-state index in [-0.39, 0.29) is 17.8 Å². The second-order valence-electron chi connectivity index (χ2n) is 5.12. The fourth-order valence-electron chi connectivity index (χ4n) is 1.63. The normalized spacial score (nSPS) is 18.8. The van der Waals surface area contributed by atoms with Gasteiger partial charge < -0.3 is 9.47 Å². The molecule has 0 amide bonds. The second-order valence-corrected chi connectivity index (χ2v) is 6.40. The minimum absolute atomic E-state index is 0.0869. The highest BCUT2D eigenvalue weighted by molar-refractivity contribution is 7.99. The molecular weight excluding hydrogens is 310 g/mol. The van der Waals surface area contributed by atoms with Crippen molar-refractivity contribution in [1.29, 1.82) is 0 Å². The standard InChI is InChI=1S/C15H22ClNO3S/c1-9(2)19-14(18)12-8-11(6-7-13(12)16)17-15(21-5)20-10(3)4/h7-10,15H,6H2,1-5H3. The number of aliphatic imine (C=N–C) groups is 1.